The summed E-state index contributed by atoms with van der Waals surface area (Å²) < 4.78 is 12.8. The summed E-state index contributed by atoms with van der Waals surface area (Å²) in [7, 11) is 0. The van der Waals surface area contributed by atoms with Crippen molar-refractivity contribution in [2.24, 2.45) is 0 Å². The molecule has 0 aliphatic carbocycles. The zero-order valence-corrected chi connectivity index (χ0v) is 7.92. The first kappa shape index (κ1) is 9.02. The predicted octanol–water partition coefficient (Wildman–Crippen LogP) is 2.76. The van der Waals surface area contributed by atoms with E-state index in [4.69, 9.17) is 0 Å². The maximum Gasteiger partial charge on any atom is 0.178 e. The quantitative estimate of drug-likeness (QED) is 0.709. The lowest BCUT2D eigenvalue weighted by molar-refractivity contribution is 0.112. The van der Waals surface area contributed by atoms with Crippen LogP contribution in [0, 0.1) is 5.82 Å². The lowest BCUT2D eigenvalue weighted by Gasteiger charge is -1.94. The molecule has 0 saturated heterocycles. The van der Waals surface area contributed by atoms with Crippen molar-refractivity contribution in [1.29, 1.82) is 0 Å². The monoisotopic (exact) mass is 207 g/mol. The second-order valence-electron chi connectivity index (χ2n) is 2.70. The Morgan fingerprint density at radius 1 is 1.43 bits per heavy atom. The lowest BCUT2D eigenvalue weighted by atomic mass is 10.2. The van der Waals surface area contributed by atoms with Gasteiger partial charge in [0.05, 0.1) is 5.69 Å². The molecule has 4 heteroatoms. The van der Waals surface area contributed by atoms with Gasteiger partial charge in [-0.2, -0.15) is 0 Å². The molecule has 2 aromatic rings. The minimum atomic E-state index is -0.303. The average molecular weight is 207 g/mol. The first-order valence-electron chi connectivity index (χ1n) is 3.96. The average Bonchev–Trinajstić information content (AvgIpc) is 2.66. The highest BCUT2D eigenvalue weighted by Crippen LogP contribution is 2.21. The van der Waals surface area contributed by atoms with E-state index in [1.807, 2.05) is 0 Å². The van der Waals surface area contributed by atoms with Crippen molar-refractivity contribution in [3.8, 4) is 11.3 Å². The molecule has 0 fully saturated rings. The van der Waals surface area contributed by atoms with Crippen molar-refractivity contribution in [1.82, 2.24) is 4.98 Å². The molecular formula is C10H6FNOS. The molecule has 0 aliphatic heterocycles. The molecule has 1 heterocycles. The highest BCUT2D eigenvalue weighted by Gasteiger charge is 2.03. The maximum absolute atomic E-state index is 12.8. The van der Waals surface area contributed by atoms with Crippen molar-refractivity contribution < 1.29 is 9.18 Å². The minimum absolute atomic E-state index is 0.303. The normalized spacial score (nSPS) is 10.1. The Labute approximate surface area is 84.0 Å². The Balaban J connectivity index is 2.43. The number of rotatable bonds is 2. The van der Waals surface area contributed by atoms with Gasteiger partial charge in [-0.05, 0) is 12.1 Å². The molecule has 0 bridgehead atoms. The van der Waals surface area contributed by atoms with Gasteiger partial charge in [0.2, 0.25) is 0 Å². The third-order valence-corrected chi connectivity index (χ3v) is 2.51. The SMILES string of the molecule is O=Cc1nc(-c2cccc(F)c2)cs1. The summed E-state index contributed by atoms with van der Waals surface area (Å²) in [6.07, 6.45) is 0.688. The fraction of sp³-hybridized carbons (Fsp3) is 0. The fourth-order valence-corrected chi connectivity index (χ4v) is 1.75. The van der Waals surface area contributed by atoms with Gasteiger partial charge in [-0.15, -0.1) is 11.3 Å². The van der Waals surface area contributed by atoms with Gasteiger partial charge in [-0.3, -0.25) is 4.79 Å². The molecule has 0 aliphatic rings. The molecule has 0 atom stereocenters. The largest absolute Gasteiger partial charge is 0.295 e. The van der Waals surface area contributed by atoms with Crippen molar-refractivity contribution in [3.05, 3.63) is 40.5 Å². The van der Waals surface area contributed by atoms with Gasteiger partial charge in [0, 0.05) is 10.9 Å². The number of aromatic nitrogens is 1. The number of carbonyl (C=O) groups excluding carboxylic acids is 1. The van der Waals surface area contributed by atoms with Crippen LogP contribution in [0.25, 0.3) is 11.3 Å². The maximum atomic E-state index is 12.8. The summed E-state index contributed by atoms with van der Waals surface area (Å²) in [6, 6.07) is 6.14. The van der Waals surface area contributed by atoms with Crippen LogP contribution in [0.5, 0.6) is 0 Å². The second kappa shape index (κ2) is 3.67. The van der Waals surface area contributed by atoms with Crippen molar-refractivity contribution in [2.45, 2.75) is 0 Å². The van der Waals surface area contributed by atoms with Gasteiger partial charge < -0.3 is 0 Å². The Hall–Kier alpha value is -1.55. The zero-order valence-electron chi connectivity index (χ0n) is 7.11. The molecule has 2 nitrogen and oxygen atoms in total. The Kier molecular flexibility index (Phi) is 2.37. The predicted molar refractivity (Wildman–Crippen MR) is 52.9 cm³/mol. The molecule has 0 N–H and O–H groups in total. The van der Waals surface area contributed by atoms with Gasteiger partial charge in [0.1, 0.15) is 5.82 Å². The van der Waals surface area contributed by atoms with Crippen molar-refractivity contribution >= 4 is 17.6 Å². The van der Waals surface area contributed by atoms with Crippen LogP contribution in [0.2, 0.25) is 0 Å². The van der Waals surface area contributed by atoms with E-state index >= 15 is 0 Å². The molecule has 0 radical (unpaired) electrons. The van der Waals surface area contributed by atoms with E-state index in [9.17, 15) is 9.18 Å². The Morgan fingerprint density at radius 2 is 2.29 bits per heavy atom. The smallest absolute Gasteiger partial charge is 0.178 e. The zero-order chi connectivity index (χ0) is 9.97. The molecule has 0 unspecified atom stereocenters. The fourth-order valence-electron chi connectivity index (χ4n) is 1.12. The number of hydrogen-bond acceptors (Lipinski definition) is 3. The van der Waals surface area contributed by atoms with Crippen LogP contribution in [-0.4, -0.2) is 11.3 Å². The number of aldehydes is 1. The summed E-state index contributed by atoms with van der Waals surface area (Å²) in [5.41, 5.74) is 1.32. The molecule has 14 heavy (non-hydrogen) atoms. The van der Waals surface area contributed by atoms with E-state index in [0.29, 0.717) is 22.6 Å². The molecule has 2 rings (SSSR count). The first-order valence-corrected chi connectivity index (χ1v) is 4.84. The Morgan fingerprint density at radius 3 is 2.93 bits per heavy atom. The van der Waals surface area contributed by atoms with Gasteiger partial charge in [-0.1, -0.05) is 12.1 Å². The topological polar surface area (TPSA) is 30.0 Å². The van der Waals surface area contributed by atoms with Crippen molar-refractivity contribution in [3.63, 3.8) is 0 Å². The first-order chi connectivity index (χ1) is 6.79. The van der Waals surface area contributed by atoms with Gasteiger partial charge in [0.15, 0.2) is 11.3 Å². The van der Waals surface area contributed by atoms with Crippen LogP contribution in [0.15, 0.2) is 29.6 Å². The molecule has 0 spiro atoms. The summed E-state index contributed by atoms with van der Waals surface area (Å²) >= 11 is 1.25. The molecule has 0 saturated carbocycles. The van der Waals surface area contributed by atoms with Gasteiger partial charge >= 0.3 is 0 Å². The van der Waals surface area contributed by atoms with Crippen LogP contribution in [-0.2, 0) is 0 Å². The van der Waals surface area contributed by atoms with E-state index in [0.717, 1.165) is 0 Å². The van der Waals surface area contributed by atoms with Crippen LogP contribution in [0.4, 0.5) is 4.39 Å². The van der Waals surface area contributed by atoms with Crippen LogP contribution in [0.1, 0.15) is 9.80 Å². The number of nitrogens with zero attached hydrogens (tertiary/aromatic N) is 1. The summed E-state index contributed by atoms with van der Waals surface area (Å²) in [5, 5.41) is 2.14. The minimum Gasteiger partial charge on any atom is -0.295 e. The van der Waals surface area contributed by atoms with Crippen LogP contribution in [0.3, 0.4) is 0 Å². The molecular weight excluding hydrogens is 201 g/mol. The van der Waals surface area contributed by atoms with E-state index in [1.54, 1.807) is 17.5 Å². The molecule has 1 aromatic heterocycles. The highest BCUT2D eigenvalue weighted by molar-refractivity contribution is 7.11. The van der Waals surface area contributed by atoms with Gasteiger partial charge in [0.25, 0.3) is 0 Å². The highest BCUT2D eigenvalue weighted by atomic mass is 32.1. The van der Waals surface area contributed by atoms with Crippen LogP contribution < -0.4 is 0 Å². The molecule has 70 valence electrons. The summed E-state index contributed by atoms with van der Waals surface area (Å²) in [5.74, 6) is -0.303. The second-order valence-corrected chi connectivity index (χ2v) is 3.59. The van der Waals surface area contributed by atoms with Crippen molar-refractivity contribution in [2.75, 3.05) is 0 Å². The molecule has 0 amide bonds. The number of halogens is 1. The third-order valence-electron chi connectivity index (χ3n) is 1.74. The standard InChI is InChI=1S/C10H6FNOS/c11-8-3-1-2-7(4-8)9-6-14-10(5-13)12-9/h1-6H. The Bertz CT molecular complexity index is 467. The lowest BCUT2D eigenvalue weighted by Crippen LogP contribution is -1.81. The van der Waals surface area contributed by atoms with Crippen LogP contribution >= 0.6 is 11.3 Å². The number of benzene rings is 1. The van der Waals surface area contributed by atoms with Gasteiger partial charge in [-0.25, -0.2) is 9.37 Å². The van der Waals surface area contributed by atoms with E-state index in [-0.39, 0.29) is 5.82 Å². The number of thiazole rings is 1. The van der Waals surface area contributed by atoms with E-state index in [1.165, 1.54) is 23.5 Å². The molecule has 1 aromatic carbocycles. The third kappa shape index (κ3) is 1.70. The van der Waals surface area contributed by atoms with E-state index < -0.39 is 0 Å². The number of carbonyl (C=O) groups is 1. The summed E-state index contributed by atoms with van der Waals surface area (Å²) in [6.45, 7) is 0. The summed E-state index contributed by atoms with van der Waals surface area (Å²) in [4.78, 5) is 14.4. The van der Waals surface area contributed by atoms with E-state index in [2.05, 4.69) is 4.98 Å². The number of hydrogen-bond donors (Lipinski definition) is 0.